The van der Waals surface area contributed by atoms with E-state index in [1.54, 1.807) is 24.3 Å². The van der Waals surface area contributed by atoms with Crippen LogP contribution in [0.2, 0.25) is 0 Å². The quantitative estimate of drug-likeness (QED) is 0.288. The van der Waals surface area contributed by atoms with E-state index in [9.17, 15) is 36.2 Å². The maximum atomic E-state index is 12.9. The smallest absolute Gasteiger partial charge is 0.417 e. The van der Waals surface area contributed by atoms with Gasteiger partial charge in [0.25, 0.3) is 5.91 Å². The van der Waals surface area contributed by atoms with Crippen LogP contribution in [0.15, 0.2) is 71.8 Å². The van der Waals surface area contributed by atoms with Crippen molar-refractivity contribution in [2.75, 3.05) is 17.7 Å². The molecule has 3 aromatic rings. The maximum Gasteiger partial charge on any atom is 0.417 e. The number of alkyl halides is 6. The van der Waals surface area contributed by atoms with Crippen molar-refractivity contribution >= 4 is 23.4 Å². The molecular weight excluding hydrogens is 498 g/mol. The highest BCUT2D eigenvalue weighted by Crippen LogP contribution is 2.31. The summed E-state index contributed by atoms with van der Waals surface area (Å²) in [5, 5.41) is 12.7. The zero-order valence-corrected chi connectivity index (χ0v) is 18.5. The van der Waals surface area contributed by atoms with Crippen molar-refractivity contribution in [3.8, 4) is 5.88 Å². The first-order valence-electron chi connectivity index (χ1n) is 9.98. The summed E-state index contributed by atoms with van der Waals surface area (Å²) in [4.78, 5) is 16.6. The zero-order chi connectivity index (χ0) is 25.6. The Morgan fingerprint density at radius 1 is 0.971 bits per heavy atom. The van der Waals surface area contributed by atoms with Crippen LogP contribution in [0.5, 0.6) is 5.88 Å². The molecule has 0 fully saturated rings. The first-order chi connectivity index (χ1) is 16.4. The molecule has 5 nitrogen and oxygen atoms in total. The number of hydrogen-bond acceptors (Lipinski definition) is 5. The summed E-state index contributed by atoms with van der Waals surface area (Å²) in [5.41, 5.74) is -1.71. The number of hydrogen-bond donors (Lipinski definition) is 2. The van der Waals surface area contributed by atoms with E-state index in [-0.39, 0.29) is 23.8 Å². The fourth-order valence-corrected chi connectivity index (χ4v) is 3.69. The van der Waals surface area contributed by atoms with Gasteiger partial charge in [-0.3, -0.25) is 4.79 Å². The van der Waals surface area contributed by atoms with Crippen LogP contribution in [-0.4, -0.2) is 34.5 Å². The second kappa shape index (κ2) is 11.0. The van der Waals surface area contributed by atoms with Gasteiger partial charge < -0.3 is 15.2 Å². The Morgan fingerprint density at radius 3 is 2.34 bits per heavy atom. The number of carbonyl (C=O) groups is 1. The Labute approximate surface area is 200 Å². The molecule has 2 aromatic carbocycles. The highest BCUT2D eigenvalue weighted by molar-refractivity contribution is 7.99. The monoisotopic (exact) mass is 516 g/mol. The molecule has 0 saturated heterocycles. The van der Waals surface area contributed by atoms with Crippen molar-refractivity contribution in [3.05, 3.63) is 83.6 Å². The molecule has 1 heterocycles. The van der Waals surface area contributed by atoms with Crippen LogP contribution < -0.4 is 10.1 Å². The molecule has 12 heteroatoms. The van der Waals surface area contributed by atoms with Crippen LogP contribution in [0.1, 0.15) is 21.5 Å². The van der Waals surface area contributed by atoms with E-state index in [2.05, 4.69) is 10.3 Å². The number of para-hydroxylation sites is 1. The van der Waals surface area contributed by atoms with Crippen LogP contribution >= 0.6 is 11.8 Å². The summed E-state index contributed by atoms with van der Waals surface area (Å²) in [6.45, 7) is -0.246. The van der Waals surface area contributed by atoms with Gasteiger partial charge in [0, 0.05) is 28.5 Å². The summed E-state index contributed by atoms with van der Waals surface area (Å²) in [7, 11) is 0. The molecule has 0 unspecified atom stereocenters. The van der Waals surface area contributed by atoms with Gasteiger partial charge in [-0.2, -0.15) is 26.3 Å². The highest BCUT2D eigenvalue weighted by atomic mass is 32.2. The Bertz CT molecular complexity index is 1150. The first kappa shape index (κ1) is 26.4. The Kier molecular flexibility index (Phi) is 8.28. The van der Waals surface area contributed by atoms with Gasteiger partial charge >= 0.3 is 12.4 Å². The lowest BCUT2D eigenvalue weighted by Gasteiger charge is -2.15. The molecule has 0 spiro atoms. The fourth-order valence-electron chi connectivity index (χ4n) is 2.78. The van der Waals surface area contributed by atoms with Crippen molar-refractivity contribution < 1.29 is 41.0 Å². The van der Waals surface area contributed by atoms with Gasteiger partial charge in [-0.15, -0.1) is 11.8 Å². The Morgan fingerprint density at radius 2 is 1.69 bits per heavy atom. The van der Waals surface area contributed by atoms with E-state index in [1.165, 1.54) is 6.07 Å². The van der Waals surface area contributed by atoms with Crippen LogP contribution in [0.25, 0.3) is 0 Å². The average Bonchev–Trinajstić information content (AvgIpc) is 2.81. The number of benzene rings is 2. The summed E-state index contributed by atoms with van der Waals surface area (Å²) in [5.74, 6) is -0.728. The number of thioether (sulfide) groups is 1. The third kappa shape index (κ3) is 7.62. The first-order valence-corrected chi connectivity index (χ1v) is 11.0. The molecule has 0 aliphatic rings. The van der Waals surface area contributed by atoms with Crippen molar-refractivity contribution in [2.45, 2.75) is 23.4 Å². The van der Waals surface area contributed by atoms with Crippen LogP contribution in [0.4, 0.5) is 32.0 Å². The number of nitrogens with zero attached hydrogens (tertiary/aromatic N) is 1. The van der Waals surface area contributed by atoms with Gasteiger partial charge in [-0.1, -0.05) is 18.2 Å². The summed E-state index contributed by atoms with van der Waals surface area (Å²) in [6, 6.07) is 12.4. The number of anilines is 1. The van der Waals surface area contributed by atoms with E-state index < -0.39 is 35.5 Å². The van der Waals surface area contributed by atoms with Crippen molar-refractivity contribution in [1.82, 2.24) is 4.98 Å². The molecule has 1 atom stereocenters. The number of rotatable bonds is 8. The van der Waals surface area contributed by atoms with E-state index >= 15 is 0 Å². The standard InChI is InChI=1S/C23H18F6N2O3S/c24-22(25,26)15-5-3-4-14(10-15)21(33)31-18-6-1-2-7-19(18)35-13-17(32)12-34-20-9-8-16(11-30-20)23(27,28)29/h1-11,17,32H,12-13H2,(H,31,33)/t17-/m1/s1. The second-order valence-corrected chi connectivity index (χ2v) is 8.25. The minimum absolute atomic E-state index is 0.0872. The molecular formula is C23H18F6N2O3S. The molecule has 1 amide bonds. The molecule has 0 bridgehead atoms. The number of halogens is 6. The number of nitrogens with one attached hydrogen (secondary N) is 1. The Balaban J connectivity index is 1.57. The van der Waals surface area contributed by atoms with E-state index in [0.29, 0.717) is 16.8 Å². The minimum Gasteiger partial charge on any atom is -0.475 e. The minimum atomic E-state index is -4.59. The fraction of sp³-hybridized carbons (Fsp3) is 0.217. The van der Waals surface area contributed by atoms with E-state index in [0.717, 1.165) is 42.1 Å². The van der Waals surface area contributed by atoms with Gasteiger partial charge in [0.1, 0.15) is 6.61 Å². The average molecular weight is 516 g/mol. The third-order valence-electron chi connectivity index (χ3n) is 4.51. The molecule has 0 saturated carbocycles. The van der Waals surface area contributed by atoms with Crippen LogP contribution in [-0.2, 0) is 12.4 Å². The number of aliphatic hydroxyl groups is 1. The summed E-state index contributed by atoms with van der Waals surface area (Å²) < 4.78 is 81.7. The van der Waals surface area contributed by atoms with E-state index in [4.69, 9.17) is 4.74 Å². The Hall–Kier alpha value is -3.25. The number of ether oxygens (including phenoxy) is 1. The lowest BCUT2D eigenvalue weighted by Crippen LogP contribution is -2.20. The predicted octanol–water partition coefficient (Wildman–Crippen LogP) is 5.90. The van der Waals surface area contributed by atoms with Crippen molar-refractivity contribution in [2.24, 2.45) is 0 Å². The van der Waals surface area contributed by atoms with Gasteiger partial charge in [0.15, 0.2) is 0 Å². The predicted molar refractivity (Wildman–Crippen MR) is 117 cm³/mol. The summed E-state index contributed by atoms with van der Waals surface area (Å²) in [6.07, 6.45) is -9.51. The van der Waals surface area contributed by atoms with Crippen molar-refractivity contribution in [1.29, 1.82) is 0 Å². The van der Waals surface area contributed by atoms with Gasteiger partial charge in [0.05, 0.1) is 22.9 Å². The van der Waals surface area contributed by atoms with E-state index in [1.807, 2.05) is 0 Å². The van der Waals surface area contributed by atoms with Crippen molar-refractivity contribution in [3.63, 3.8) is 0 Å². The molecule has 1 aromatic heterocycles. The topological polar surface area (TPSA) is 71.5 Å². The third-order valence-corrected chi connectivity index (χ3v) is 5.72. The molecule has 35 heavy (non-hydrogen) atoms. The van der Waals surface area contributed by atoms with Crippen LogP contribution in [0, 0.1) is 0 Å². The maximum absolute atomic E-state index is 12.9. The van der Waals surface area contributed by atoms with Crippen LogP contribution in [0.3, 0.4) is 0 Å². The lowest BCUT2D eigenvalue weighted by atomic mass is 10.1. The zero-order valence-electron chi connectivity index (χ0n) is 17.7. The van der Waals surface area contributed by atoms with Gasteiger partial charge in [0.2, 0.25) is 5.88 Å². The molecule has 3 rings (SSSR count). The molecule has 0 aliphatic carbocycles. The SMILES string of the molecule is O=C(Nc1ccccc1SC[C@H](O)COc1ccc(C(F)(F)F)cn1)c1cccc(C(F)(F)F)c1. The second-order valence-electron chi connectivity index (χ2n) is 7.19. The largest absolute Gasteiger partial charge is 0.475 e. The molecule has 0 aliphatic heterocycles. The molecule has 186 valence electrons. The number of amides is 1. The number of carbonyl (C=O) groups excluding carboxylic acids is 1. The molecule has 0 radical (unpaired) electrons. The van der Waals surface area contributed by atoms with Gasteiger partial charge in [-0.25, -0.2) is 4.98 Å². The number of aromatic nitrogens is 1. The normalized spacial score (nSPS) is 12.8. The number of aliphatic hydroxyl groups excluding tert-OH is 1. The number of pyridine rings is 1. The summed E-state index contributed by atoms with van der Waals surface area (Å²) >= 11 is 1.15. The molecule has 2 N–H and O–H groups in total. The lowest BCUT2D eigenvalue weighted by molar-refractivity contribution is -0.138. The highest BCUT2D eigenvalue weighted by Gasteiger charge is 2.31. The van der Waals surface area contributed by atoms with Gasteiger partial charge in [-0.05, 0) is 36.4 Å².